The quantitative estimate of drug-likeness (QED) is 0.651. The van der Waals surface area contributed by atoms with E-state index in [0.29, 0.717) is 0 Å². The van der Waals surface area contributed by atoms with Gasteiger partial charge in [-0.3, -0.25) is 9.59 Å². The fraction of sp³-hybridized carbons (Fsp3) is 0.786. The summed E-state index contributed by atoms with van der Waals surface area (Å²) in [6, 6.07) is -0.143. The Morgan fingerprint density at radius 1 is 1.19 bits per heavy atom. The van der Waals surface area contributed by atoms with Gasteiger partial charge in [0.25, 0.3) is 0 Å². The average molecular weight is 299 g/mol. The molecule has 0 radical (unpaired) electrons. The first kappa shape index (κ1) is 17.3. The van der Waals surface area contributed by atoms with Crippen molar-refractivity contribution < 1.29 is 19.5 Å². The maximum absolute atomic E-state index is 12.0. The van der Waals surface area contributed by atoms with E-state index in [4.69, 9.17) is 5.11 Å². The Hall–Kier alpha value is -1.79. The highest BCUT2D eigenvalue weighted by atomic mass is 16.4. The molecule has 3 amide bonds. The minimum Gasteiger partial charge on any atom is -0.481 e. The molecule has 0 aromatic carbocycles. The van der Waals surface area contributed by atoms with Crippen LogP contribution >= 0.6 is 0 Å². The van der Waals surface area contributed by atoms with Crippen molar-refractivity contribution in [1.29, 1.82) is 0 Å². The molecule has 120 valence electrons. The number of amides is 3. The molecule has 0 aromatic rings. The van der Waals surface area contributed by atoms with Crippen LogP contribution in [0.15, 0.2) is 0 Å². The highest BCUT2D eigenvalue weighted by molar-refractivity contribution is 5.79. The number of carboxylic acid groups (broad SMARTS) is 1. The Balaban J connectivity index is 2.30. The van der Waals surface area contributed by atoms with Gasteiger partial charge in [-0.1, -0.05) is 0 Å². The highest BCUT2D eigenvalue weighted by Gasteiger charge is 2.32. The van der Waals surface area contributed by atoms with Crippen LogP contribution in [0.2, 0.25) is 0 Å². The number of carbonyl (C=O) groups excluding carboxylic acids is 2. The van der Waals surface area contributed by atoms with Gasteiger partial charge in [-0.05, 0) is 33.6 Å². The molecule has 1 fully saturated rings. The van der Waals surface area contributed by atoms with Crippen molar-refractivity contribution >= 4 is 17.9 Å². The van der Waals surface area contributed by atoms with Crippen LogP contribution in [0.4, 0.5) is 4.79 Å². The zero-order chi connectivity index (χ0) is 16.0. The summed E-state index contributed by atoms with van der Waals surface area (Å²) in [6.07, 6.45) is 1.98. The number of nitrogens with zero attached hydrogens (tertiary/aromatic N) is 1. The summed E-state index contributed by atoms with van der Waals surface area (Å²) in [7, 11) is 0. The smallest absolute Gasteiger partial charge is 0.317 e. The van der Waals surface area contributed by atoms with Gasteiger partial charge in [0.05, 0.1) is 6.42 Å². The predicted octanol–water partition coefficient (Wildman–Crippen LogP) is 0.940. The van der Waals surface area contributed by atoms with Crippen molar-refractivity contribution in [2.45, 2.75) is 58.0 Å². The van der Waals surface area contributed by atoms with Crippen LogP contribution in [-0.4, -0.2) is 52.6 Å². The highest BCUT2D eigenvalue weighted by Crippen LogP contribution is 2.26. The number of carbonyl (C=O) groups is 3. The van der Waals surface area contributed by atoms with Crippen LogP contribution in [0.5, 0.6) is 0 Å². The molecule has 0 atom stereocenters. The molecule has 0 bridgehead atoms. The zero-order valence-corrected chi connectivity index (χ0v) is 12.9. The first-order valence-corrected chi connectivity index (χ1v) is 7.26. The summed E-state index contributed by atoms with van der Waals surface area (Å²) < 4.78 is 0. The van der Waals surface area contributed by atoms with Crippen molar-refractivity contribution in [2.24, 2.45) is 0 Å². The average Bonchev–Trinajstić information content (AvgIpc) is 3.10. The molecule has 0 unspecified atom stereocenters. The van der Waals surface area contributed by atoms with E-state index >= 15 is 0 Å². The van der Waals surface area contributed by atoms with E-state index in [2.05, 4.69) is 10.6 Å². The number of hydrogen-bond donors (Lipinski definition) is 3. The third kappa shape index (κ3) is 7.53. The van der Waals surface area contributed by atoms with Crippen molar-refractivity contribution in [3.63, 3.8) is 0 Å². The maximum Gasteiger partial charge on any atom is 0.317 e. The van der Waals surface area contributed by atoms with Crippen LogP contribution in [0.3, 0.4) is 0 Å². The van der Waals surface area contributed by atoms with E-state index in [9.17, 15) is 14.4 Å². The lowest BCUT2D eigenvalue weighted by molar-refractivity contribution is -0.137. The van der Waals surface area contributed by atoms with Gasteiger partial charge in [0.15, 0.2) is 0 Å². The lowest BCUT2D eigenvalue weighted by Gasteiger charge is -2.23. The summed E-state index contributed by atoms with van der Waals surface area (Å²) in [6.45, 7) is 6.13. The summed E-state index contributed by atoms with van der Waals surface area (Å²) in [5.41, 5.74) is -0.289. The monoisotopic (exact) mass is 299 g/mol. The normalized spacial score (nSPS) is 14.4. The van der Waals surface area contributed by atoms with Crippen LogP contribution in [0.25, 0.3) is 0 Å². The van der Waals surface area contributed by atoms with E-state index in [-0.39, 0.29) is 49.5 Å². The summed E-state index contributed by atoms with van der Waals surface area (Å²) in [5, 5.41) is 14.2. The van der Waals surface area contributed by atoms with Gasteiger partial charge in [-0.25, -0.2) is 4.79 Å². The minimum atomic E-state index is -0.919. The summed E-state index contributed by atoms with van der Waals surface area (Å²) in [4.78, 5) is 35.8. The second-order valence-corrected chi connectivity index (χ2v) is 6.35. The lowest BCUT2D eigenvalue weighted by Crippen LogP contribution is -2.45. The third-order valence-electron chi connectivity index (χ3n) is 2.96. The summed E-state index contributed by atoms with van der Waals surface area (Å²) in [5.74, 6) is -1.04. The molecule has 0 saturated heterocycles. The van der Waals surface area contributed by atoms with E-state index < -0.39 is 5.97 Å². The molecule has 7 heteroatoms. The minimum absolute atomic E-state index is 0.0611. The Morgan fingerprint density at radius 3 is 2.29 bits per heavy atom. The second-order valence-electron chi connectivity index (χ2n) is 6.35. The fourth-order valence-corrected chi connectivity index (χ4v) is 1.92. The Morgan fingerprint density at radius 2 is 1.81 bits per heavy atom. The maximum atomic E-state index is 12.0. The van der Waals surface area contributed by atoms with Crippen molar-refractivity contribution in [1.82, 2.24) is 15.5 Å². The molecule has 21 heavy (non-hydrogen) atoms. The molecule has 7 nitrogen and oxygen atoms in total. The number of nitrogens with one attached hydrogen (secondary N) is 2. The Labute approximate surface area is 125 Å². The van der Waals surface area contributed by atoms with Gasteiger partial charge in [-0.15, -0.1) is 0 Å². The molecule has 0 heterocycles. The van der Waals surface area contributed by atoms with Gasteiger partial charge in [0.1, 0.15) is 0 Å². The fourth-order valence-electron chi connectivity index (χ4n) is 1.92. The predicted molar refractivity (Wildman–Crippen MR) is 77.9 cm³/mol. The van der Waals surface area contributed by atoms with E-state index in [0.717, 1.165) is 12.8 Å². The molecule has 1 aliphatic carbocycles. The number of aliphatic carboxylic acids is 1. The summed E-state index contributed by atoms with van der Waals surface area (Å²) >= 11 is 0. The standard InChI is InChI=1S/C14H25N3O4/c1-14(2,3)16-11(18)6-8-15-13(21)17(10-4-5-10)9-7-12(19)20/h10H,4-9H2,1-3H3,(H,15,21)(H,16,18)(H,19,20). The lowest BCUT2D eigenvalue weighted by atomic mass is 10.1. The molecule has 0 aliphatic heterocycles. The van der Waals surface area contributed by atoms with Crippen LogP contribution in [-0.2, 0) is 9.59 Å². The van der Waals surface area contributed by atoms with E-state index in [1.165, 1.54) is 0 Å². The SMILES string of the molecule is CC(C)(C)NC(=O)CCNC(=O)N(CCC(=O)O)C1CC1. The first-order chi connectivity index (χ1) is 9.69. The molecule has 1 saturated carbocycles. The molecule has 0 aromatic heterocycles. The van der Waals surface area contributed by atoms with Crippen LogP contribution in [0.1, 0.15) is 46.5 Å². The van der Waals surface area contributed by atoms with Crippen LogP contribution in [0, 0.1) is 0 Å². The molecular formula is C14H25N3O4. The number of carboxylic acids is 1. The van der Waals surface area contributed by atoms with Gasteiger partial charge in [-0.2, -0.15) is 0 Å². The van der Waals surface area contributed by atoms with Gasteiger partial charge < -0.3 is 20.6 Å². The molecular weight excluding hydrogens is 274 g/mol. The Kier molecular flexibility index (Phi) is 5.99. The topological polar surface area (TPSA) is 98.7 Å². The zero-order valence-electron chi connectivity index (χ0n) is 12.9. The number of urea groups is 1. The van der Waals surface area contributed by atoms with Crippen LogP contribution < -0.4 is 10.6 Å². The van der Waals surface area contributed by atoms with Crippen molar-refractivity contribution in [3.05, 3.63) is 0 Å². The Bertz CT molecular complexity index is 400. The number of rotatable bonds is 7. The van der Waals surface area contributed by atoms with E-state index in [1.807, 2.05) is 20.8 Å². The molecule has 3 N–H and O–H groups in total. The van der Waals surface area contributed by atoms with Crippen molar-refractivity contribution in [2.75, 3.05) is 13.1 Å². The third-order valence-corrected chi connectivity index (χ3v) is 2.96. The second kappa shape index (κ2) is 7.28. The first-order valence-electron chi connectivity index (χ1n) is 7.26. The largest absolute Gasteiger partial charge is 0.481 e. The van der Waals surface area contributed by atoms with Gasteiger partial charge in [0.2, 0.25) is 5.91 Å². The van der Waals surface area contributed by atoms with Gasteiger partial charge >= 0.3 is 12.0 Å². The molecule has 1 aliphatic rings. The van der Waals surface area contributed by atoms with Gasteiger partial charge in [0, 0.05) is 31.1 Å². The molecule has 0 spiro atoms. The van der Waals surface area contributed by atoms with Crippen molar-refractivity contribution in [3.8, 4) is 0 Å². The number of hydrogen-bond acceptors (Lipinski definition) is 3. The van der Waals surface area contributed by atoms with E-state index in [1.54, 1.807) is 4.90 Å². The molecule has 1 rings (SSSR count).